The summed E-state index contributed by atoms with van der Waals surface area (Å²) in [7, 11) is 0. The van der Waals surface area contributed by atoms with Crippen LogP contribution in [0.5, 0.6) is 0 Å². The molecule has 3 nitrogen and oxygen atoms in total. The molecule has 0 aliphatic carbocycles. The van der Waals surface area contributed by atoms with E-state index < -0.39 is 0 Å². The number of thiazole rings is 1. The lowest BCUT2D eigenvalue weighted by atomic mass is 9.95. The summed E-state index contributed by atoms with van der Waals surface area (Å²) in [5.74, 6) is 0.680. The first-order valence-corrected chi connectivity index (χ1v) is 6.90. The van der Waals surface area contributed by atoms with Crippen molar-refractivity contribution in [3.63, 3.8) is 0 Å². The Labute approximate surface area is 101 Å². The smallest absolute Gasteiger partial charge is 0.107 e. The predicted octanol–water partition coefficient (Wildman–Crippen LogP) is 2.05. The predicted molar refractivity (Wildman–Crippen MR) is 66.6 cm³/mol. The molecule has 1 aromatic rings. The fourth-order valence-electron chi connectivity index (χ4n) is 2.38. The van der Waals surface area contributed by atoms with E-state index in [1.54, 1.807) is 11.3 Å². The molecule has 0 radical (unpaired) electrons. The molecule has 1 N–H and O–H groups in total. The number of aryl methyl sites for hydroxylation is 1. The van der Waals surface area contributed by atoms with E-state index in [2.05, 4.69) is 15.3 Å². The molecule has 0 aromatic carbocycles. The van der Waals surface area contributed by atoms with Crippen molar-refractivity contribution in [3.05, 3.63) is 16.1 Å². The van der Waals surface area contributed by atoms with E-state index in [1.165, 1.54) is 24.4 Å². The minimum atomic E-state index is 0.328. The zero-order chi connectivity index (χ0) is 11.4. The van der Waals surface area contributed by atoms with Gasteiger partial charge in [-0.15, -0.1) is 11.3 Å². The Hall–Kier alpha value is -0.450. The van der Waals surface area contributed by atoms with Gasteiger partial charge < -0.3 is 5.11 Å². The minimum Gasteiger partial charge on any atom is -0.396 e. The lowest BCUT2D eigenvalue weighted by Crippen LogP contribution is -2.35. The molecule has 1 atom stereocenters. The molecule has 1 unspecified atom stereocenters. The van der Waals surface area contributed by atoms with Crippen molar-refractivity contribution in [1.82, 2.24) is 9.88 Å². The van der Waals surface area contributed by atoms with Gasteiger partial charge in [0.2, 0.25) is 0 Å². The van der Waals surface area contributed by atoms with Crippen molar-refractivity contribution in [2.75, 3.05) is 19.7 Å². The maximum atomic E-state index is 8.97. The summed E-state index contributed by atoms with van der Waals surface area (Å²) in [5.41, 5.74) is 1.13. The standard InChI is InChI=1S/C12H20N2OS/c1-10-9-16-12(13-10)8-14-5-2-3-11(7-14)4-6-15/h9,11,15H,2-8H2,1H3. The highest BCUT2D eigenvalue weighted by atomic mass is 32.1. The molecule has 2 heterocycles. The molecule has 1 saturated heterocycles. The maximum Gasteiger partial charge on any atom is 0.107 e. The normalized spacial score (nSPS) is 22.5. The number of aliphatic hydroxyl groups is 1. The van der Waals surface area contributed by atoms with Crippen molar-refractivity contribution in [2.24, 2.45) is 5.92 Å². The van der Waals surface area contributed by atoms with Gasteiger partial charge in [0.15, 0.2) is 0 Å². The fourth-order valence-corrected chi connectivity index (χ4v) is 3.19. The highest BCUT2D eigenvalue weighted by Gasteiger charge is 2.20. The fraction of sp³-hybridized carbons (Fsp3) is 0.750. The van der Waals surface area contributed by atoms with E-state index >= 15 is 0 Å². The highest BCUT2D eigenvalue weighted by molar-refractivity contribution is 7.09. The molecule has 1 aliphatic heterocycles. The van der Waals surface area contributed by atoms with Gasteiger partial charge in [-0.25, -0.2) is 4.98 Å². The van der Waals surface area contributed by atoms with Crippen LogP contribution in [0, 0.1) is 12.8 Å². The van der Waals surface area contributed by atoms with Gasteiger partial charge in [0.1, 0.15) is 5.01 Å². The van der Waals surface area contributed by atoms with Crippen LogP contribution in [0.2, 0.25) is 0 Å². The number of likely N-dealkylation sites (tertiary alicyclic amines) is 1. The number of rotatable bonds is 4. The van der Waals surface area contributed by atoms with Crippen LogP contribution < -0.4 is 0 Å². The SMILES string of the molecule is Cc1csc(CN2CCCC(CCO)C2)n1. The molecule has 2 rings (SSSR count). The monoisotopic (exact) mass is 240 g/mol. The summed E-state index contributed by atoms with van der Waals surface area (Å²) in [6, 6.07) is 0. The van der Waals surface area contributed by atoms with E-state index in [1.807, 2.05) is 6.92 Å². The molecule has 4 heteroatoms. The Bertz CT molecular complexity index is 325. The number of nitrogens with zero attached hydrogens (tertiary/aromatic N) is 2. The molecule has 0 amide bonds. The quantitative estimate of drug-likeness (QED) is 0.875. The Morgan fingerprint density at radius 3 is 3.19 bits per heavy atom. The zero-order valence-corrected chi connectivity index (χ0v) is 10.7. The number of hydrogen-bond acceptors (Lipinski definition) is 4. The van der Waals surface area contributed by atoms with E-state index in [9.17, 15) is 0 Å². The largest absolute Gasteiger partial charge is 0.396 e. The molecule has 1 aromatic heterocycles. The van der Waals surface area contributed by atoms with Gasteiger partial charge in [-0.3, -0.25) is 4.90 Å². The first-order valence-electron chi connectivity index (χ1n) is 6.02. The summed E-state index contributed by atoms with van der Waals surface area (Å²) in [4.78, 5) is 6.98. The van der Waals surface area contributed by atoms with Gasteiger partial charge in [0, 0.05) is 24.2 Å². The van der Waals surface area contributed by atoms with Gasteiger partial charge >= 0.3 is 0 Å². The summed E-state index contributed by atoms with van der Waals surface area (Å²) in [6.45, 7) is 5.67. The van der Waals surface area contributed by atoms with Gasteiger partial charge in [-0.1, -0.05) is 0 Å². The van der Waals surface area contributed by atoms with E-state index in [-0.39, 0.29) is 0 Å². The van der Waals surface area contributed by atoms with E-state index in [0.29, 0.717) is 12.5 Å². The maximum absolute atomic E-state index is 8.97. The van der Waals surface area contributed by atoms with Gasteiger partial charge in [-0.05, 0) is 38.6 Å². The van der Waals surface area contributed by atoms with Crippen LogP contribution in [0.25, 0.3) is 0 Å². The topological polar surface area (TPSA) is 36.4 Å². The number of aromatic nitrogens is 1. The Kier molecular flexibility index (Phi) is 4.32. The van der Waals surface area contributed by atoms with Gasteiger partial charge in [0.05, 0.1) is 6.54 Å². The Balaban J connectivity index is 1.85. The summed E-state index contributed by atoms with van der Waals surface area (Å²) < 4.78 is 0. The van der Waals surface area contributed by atoms with Crippen LogP contribution in [0.1, 0.15) is 30.0 Å². The molecular weight excluding hydrogens is 220 g/mol. The molecule has 1 aliphatic rings. The molecule has 1 fully saturated rings. The van der Waals surface area contributed by atoms with E-state index in [0.717, 1.165) is 25.2 Å². The zero-order valence-electron chi connectivity index (χ0n) is 9.85. The number of piperidine rings is 1. The lowest BCUT2D eigenvalue weighted by Gasteiger charge is -2.31. The van der Waals surface area contributed by atoms with Crippen molar-refractivity contribution in [3.8, 4) is 0 Å². The van der Waals surface area contributed by atoms with Crippen molar-refractivity contribution in [1.29, 1.82) is 0 Å². The molecule has 16 heavy (non-hydrogen) atoms. The minimum absolute atomic E-state index is 0.328. The van der Waals surface area contributed by atoms with Crippen LogP contribution >= 0.6 is 11.3 Å². The molecular formula is C12H20N2OS. The average Bonchev–Trinajstić information content (AvgIpc) is 2.65. The van der Waals surface area contributed by atoms with Crippen molar-refractivity contribution >= 4 is 11.3 Å². The van der Waals surface area contributed by atoms with Crippen molar-refractivity contribution in [2.45, 2.75) is 32.7 Å². The van der Waals surface area contributed by atoms with Crippen LogP contribution in [0.3, 0.4) is 0 Å². The van der Waals surface area contributed by atoms with Crippen molar-refractivity contribution < 1.29 is 5.11 Å². The number of aliphatic hydroxyl groups excluding tert-OH is 1. The summed E-state index contributed by atoms with van der Waals surface area (Å²) in [5, 5.41) is 12.3. The Morgan fingerprint density at radius 2 is 2.50 bits per heavy atom. The lowest BCUT2D eigenvalue weighted by molar-refractivity contribution is 0.142. The molecule has 90 valence electrons. The Morgan fingerprint density at radius 1 is 1.62 bits per heavy atom. The molecule has 0 saturated carbocycles. The van der Waals surface area contributed by atoms with Crippen LogP contribution in [-0.2, 0) is 6.54 Å². The third kappa shape index (κ3) is 3.27. The summed E-state index contributed by atoms with van der Waals surface area (Å²) in [6.07, 6.45) is 3.48. The van der Waals surface area contributed by atoms with Crippen LogP contribution in [-0.4, -0.2) is 34.7 Å². The van der Waals surface area contributed by atoms with Gasteiger partial charge in [0.25, 0.3) is 0 Å². The molecule has 0 bridgehead atoms. The van der Waals surface area contributed by atoms with Crippen LogP contribution in [0.4, 0.5) is 0 Å². The highest BCUT2D eigenvalue weighted by Crippen LogP contribution is 2.21. The second-order valence-corrected chi connectivity index (χ2v) is 5.58. The van der Waals surface area contributed by atoms with Crippen LogP contribution in [0.15, 0.2) is 5.38 Å². The third-order valence-corrected chi connectivity index (χ3v) is 4.12. The third-order valence-electron chi connectivity index (χ3n) is 3.17. The first-order chi connectivity index (χ1) is 7.78. The van der Waals surface area contributed by atoms with Gasteiger partial charge in [-0.2, -0.15) is 0 Å². The second kappa shape index (κ2) is 5.75. The first kappa shape index (κ1) is 12.0. The summed E-state index contributed by atoms with van der Waals surface area (Å²) >= 11 is 1.76. The number of hydrogen-bond donors (Lipinski definition) is 1. The van der Waals surface area contributed by atoms with E-state index in [4.69, 9.17) is 5.11 Å². The molecule has 0 spiro atoms. The second-order valence-electron chi connectivity index (χ2n) is 4.64. The average molecular weight is 240 g/mol.